The summed E-state index contributed by atoms with van der Waals surface area (Å²) < 4.78 is 0. The second kappa shape index (κ2) is 4.10. The van der Waals surface area contributed by atoms with Crippen LogP contribution >= 0.6 is 0 Å². The van der Waals surface area contributed by atoms with Crippen LogP contribution in [0.1, 0.15) is 28.2 Å². The molecule has 0 heterocycles. The maximum atomic E-state index is 2.39. The maximum Gasteiger partial charge on any atom is 0.0199 e. The fourth-order valence-electron chi connectivity index (χ4n) is 4.56. The molecule has 22 heavy (non-hydrogen) atoms. The first-order chi connectivity index (χ1) is 10.8. The van der Waals surface area contributed by atoms with Crippen molar-refractivity contribution in [2.75, 3.05) is 0 Å². The first-order valence-corrected chi connectivity index (χ1v) is 8.05. The summed E-state index contributed by atoms with van der Waals surface area (Å²) in [5.41, 5.74) is 8.65. The largest absolute Gasteiger partial charge is 0.0760 e. The standard InChI is InChI=1S/C22H18/c1-13-9-11-18-16-7-3-5-15-6-4-8-17(21(15)16)19-12-10-14(2)20(13)22(18)19/h3-12,16,21H,1-2H3. The summed E-state index contributed by atoms with van der Waals surface area (Å²) in [6.45, 7) is 4.47. The normalized spacial score (nSPS) is 24.1. The van der Waals surface area contributed by atoms with Crippen LogP contribution in [-0.4, -0.2) is 0 Å². The molecular formula is C22H18. The summed E-state index contributed by atoms with van der Waals surface area (Å²) >= 11 is 0. The van der Waals surface area contributed by atoms with Crippen molar-refractivity contribution < 1.29 is 0 Å². The molecule has 0 amide bonds. The molecule has 5 rings (SSSR count). The Balaban J connectivity index is 1.98. The number of allylic oxidation sites excluding steroid dienone is 8. The minimum absolute atomic E-state index is 0.480. The Labute approximate surface area is 131 Å². The summed E-state index contributed by atoms with van der Waals surface area (Å²) in [6.07, 6.45) is 13.7. The number of benzene rings is 2. The first-order valence-electron chi connectivity index (χ1n) is 8.05. The van der Waals surface area contributed by atoms with Crippen LogP contribution in [0, 0.1) is 19.8 Å². The summed E-state index contributed by atoms with van der Waals surface area (Å²) in [5, 5.41) is 2.93. The maximum absolute atomic E-state index is 2.39. The minimum Gasteiger partial charge on any atom is -0.0760 e. The highest BCUT2D eigenvalue weighted by atomic mass is 14.4. The van der Waals surface area contributed by atoms with E-state index >= 15 is 0 Å². The van der Waals surface area contributed by atoms with Crippen molar-refractivity contribution in [3.63, 3.8) is 0 Å². The van der Waals surface area contributed by atoms with Gasteiger partial charge in [0.05, 0.1) is 0 Å². The van der Waals surface area contributed by atoms with Crippen molar-refractivity contribution in [2.45, 2.75) is 19.8 Å². The lowest BCUT2D eigenvalue weighted by atomic mass is 9.65. The van der Waals surface area contributed by atoms with E-state index in [0.717, 1.165) is 0 Å². The third-order valence-corrected chi connectivity index (χ3v) is 5.50. The van der Waals surface area contributed by atoms with Crippen LogP contribution in [0.25, 0.3) is 16.3 Å². The zero-order valence-electron chi connectivity index (χ0n) is 12.9. The van der Waals surface area contributed by atoms with E-state index in [9.17, 15) is 0 Å². The van der Waals surface area contributed by atoms with Crippen molar-refractivity contribution in [3.05, 3.63) is 88.5 Å². The molecule has 0 nitrogen and oxygen atoms in total. The lowest BCUT2D eigenvalue weighted by molar-refractivity contribution is 0.683. The molecule has 0 aromatic heterocycles. The van der Waals surface area contributed by atoms with Gasteiger partial charge in [-0.15, -0.1) is 0 Å². The van der Waals surface area contributed by atoms with Gasteiger partial charge in [0.2, 0.25) is 0 Å². The molecule has 0 bridgehead atoms. The van der Waals surface area contributed by atoms with Crippen LogP contribution in [-0.2, 0) is 0 Å². The van der Waals surface area contributed by atoms with E-state index in [0.29, 0.717) is 11.8 Å². The van der Waals surface area contributed by atoms with Crippen molar-refractivity contribution in [3.8, 4) is 0 Å². The third-order valence-electron chi connectivity index (χ3n) is 5.50. The van der Waals surface area contributed by atoms with E-state index in [4.69, 9.17) is 0 Å². The Morgan fingerprint density at radius 3 is 2.50 bits per heavy atom. The van der Waals surface area contributed by atoms with Crippen LogP contribution in [0.2, 0.25) is 0 Å². The fourth-order valence-corrected chi connectivity index (χ4v) is 4.56. The minimum atomic E-state index is 0.480. The highest BCUT2D eigenvalue weighted by Gasteiger charge is 2.36. The number of hydrogen-bond donors (Lipinski definition) is 0. The van der Waals surface area contributed by atoms with E-state index in [1.165, 1.54) is 44.2 Å². The zero-order valence-corrected chi connectivity index (χ0v) is 12.9. The van der Waals surface area contributed by atoms with Gasteiger partial charge in [-0.3, -0.25) is 0 Å². The molecule has 0 saturated heterocycles. The van der Waals surface area contributed by atoms with Gasteiger partial charge in [-0.1, -0.05) is 60.7 Å². The topological polar surface area (TPSA) is 0 Å². The van der Waals surface area contributed by atoms with Gasteiger partial charge in [0.15, 0.2) is 0 Å². The van der Waals surface area contributed by atoms with E-state index in [1.807, 2.05) is 0 Å². The van der Waals surface area contributed by atoms with E-state index in [-0.39, 0.29) is 0 Å². The Hall–Kier alpha value is -2.34. The number of hydrogen-bond acceptors (Lipinski definition) is 0. The smallest absolute Gasteiger partial charge is 0.0199 e. The molecule has 2 aromatic rings. The molecule has 0 aliphatic heterocycles. The first kappa shape index (κ1) is 12.2. The predicted octanol–water partition coefficient (Wildman–Crippen LogP) is 5.62. The summed E-state index contributed by atoms with van der Waals surface area (Å²) in [5.74, 6) is 0.977. The molecule has 0 saturated carbocycles. The van der Waals surface area contributed by atoms with Gasteiger partial charge in [-0.05, 0) is 58.0 Å². The molecule has 0 radical (unpaired) electrons. The van der Waals surface area contributed by atoms with Crippen molar-refractivity contribution in [2.24, 2.45) is 5.92 Å². The second-order valence-electron chi connectivity index (χ2n) is 6.69. The molecule has 3 aliphatic rings. The van der Waals surface area contributed by atoms with Gasteiger partial charge in [-0.25, -0.2) is 0 Å². The molecule has 0 spiro atoms. The highest BCUT2D eigenvalue weighted by molar-refractivity contribution is 6.03. The number of rotatable bonds is 0. The Morgan fingerprint density at radius 2 is 1.64 bits per heavy atom. The van der Waals surface area contributed by atoms with Gasteiger partial charge >= 0.3 is 0 Å². The van der Waals surface area contributed by atoms with Crippen LogP contribution in [0.4, 0.5) is 0 Å². The average molecular weight is 282 g/mol. The summed E-state index contributed by atoms with van der Waals surface area (Å²) in [4.78, 5) is 0. The molecule has 0 fully saturated rings. The Morgan fingerprint density at radius 1 is 0.818 bits per heavy atom. The van der Waals surface area contributed by atoms with Gasteiger partial charge in [0.1, 0.15) is 0 Å². The molecule has 2 aromatic carbocycles. The van der Waals surface area contributed by atoms with Crippen LogP contribution in [0.15, 0.2) is 66.3 Å². The molecule has 3 aliphatic carbocycles. The second-order valence-corrected chi connectivity index (χ2v) is 6.69. The Bertz CT molecular complexity index is 939. The van der Waals surface area contributed by atoms with Crippen LogP contribution < -0.4 is 0 Å². The molecule has 0 heteroatoms. The van der Waals surface area contributed by atoms with Crippen molar-refractivity contribution in [1.82, 2.24) is 0 Å². The van der Waals surface area contributed by atoms with Gasteiger partial charge in [0, 0.05) is 11.8 Å². The molecule has 0 N–H and O–H groups in total. The van der Waals surface area contributed by atoms with Gasteiger partial charge in [0.25, 0.3) is 0 Å². The zero-order chi connectivity index (χ0) is 14.8. The molecule has 2 atom stereocenters. The molecule has 2 unspecified atom stereocenters. The van der Waals surface area contributed by atoms with Crippen LogP contribution in [0.5, 0.6) is 0 Å². The lowest BCUT2D eigenvalue weighted by Gasteiger charge is -2.38. The van der Waals surface area contributed by atoms with E-state index < -0.39 is 0 Å². The highest BCUT2D eigenvalue weighted by Crippen LogP contribution is 2.53. The lowest BCUT2D eigenvalue weighted by Crippen LogP contribution is -2.23. The van der Waals surface area contributed by atoms with Gasteiger partial charge < -0.3 is 0 Å². The SMILES string of the molecule is Cc1ccc2c3c(ccc(C)c13)C1C=CC=C3C=CC=C2C31. The van der Waals surface area contributed by atoms with Crippen LogP contribution in [0.3, 0.4) is 0 Å². The monoisotopic (exact) mass is 282 g/mol. The van der Waals surface area contributed by atoms with E-state index in [2.05, 4.69) is 74.6 Å². The third kappa shape index (κ3) is 1.38. The average Bonchev–Trinajstić information content (AvgIpc) is 2.54. The summed E-state index contributed by atoms with van der Waals surface area (Å²) in [6, 6.07) is 9.27. The quantitative estimate of drug-likeness (QED) is 0.588. The van der Waals surface area contributed by atoms with E-state index in [1.54, 1.807) is 0 Å². The predicted molar refractivity (Wildman–Crippen MR) is 94.0 cm³/mol. The van der Waals surface area contributed by atoms with Gasteiger partial charge in [-0.2, -0.15) is 0 Å². The summed E-state index contributed by atoms with van der Waals surface area (Å²) in [7, 11) is 0. The fraction of sp³-hybridized carbons (Fsp3) is 0.182. The number of aryl methyl sites for hydroxylation is 2. The van der Waals surface area contributed by atoms with Crippen molar-refractivity contribution >= 4 is 16.3 Å². The Kier molecular flexibility index (Phi) is 2.28. The number of fused-ring (bicyclic) bond motifs is 2. The molecular weight excluding hydrogens is 264 g/mol. The molecule has 106 valence electrons. The van der Waals surface area contributed by atoms with Crippen molar-refractivity contribution in [1.29, 1.82) is 0 Å².